The fraction of sp³-hybridized carbons (Fsp3) is 0.0909. The van der Waals surface area contributed by atoms with Gasteiger partial charge in [0.15, 0.2) is 11.2 Å². The summed E-state index contributed by atoms with van der Waals surface area (Å²) in [4.78, 5) is 9.20. The average Bonchev–Trinajstić information content (AvgIpc) is 3.23. The molecule has 0 unspecified atom stereocenters. The van der Waals surface area contributed by atoms with E-state index in [1.165, 1.54) is 11.1 Å². The Balaban J connectivity index is 1.60. The summed E-state index contributed by atoms with van der Waals surface area (Å²) in [7, 11) is 0. The molecule has 0 atom stereocenters. The van der Waals surface area contributed by atoms with E-state index in [-0.39, 0.29) is 0 Å². The number of aromatic nitrogens is 2. The highest BCUT2D eigenvalue weighted by molar-refractivity contribution is 5.91. The molecule has 4 heteroatoms. The second-order valence-electron chi connectivity index (χ2n) is 6.56. The molecular weight excluding hydrogens is 324 g/mol. The molecule has 126 valence electrons. The van der Waals surface area contributed by atoms with E-state index in [4.69, 9.17) is 8.83 Å². The molecular formula is C22H16N2O2. The molecule has 5 rings (SSSR count). The van der Waals surface area contributed by atoms with E-state index >= 15 is 0 Å². The zero-order valence-electron chi connectivity index (χ0n) is 14.5. The van der Waals surface area contributed by atoms with Gasteiger partial charge >= 0.3 is 0 Å². The number of rotatable bonds is 2. The predicted molar refractivity (Wildman–Crippen MR) is 102 cm³/mol. The molecule has 0 spiro atoms. The third-order valence-corrected chi connectivity index (χ3v) is 4.49. The van der Waals surface area contributed by atoms with Crippen molar-refractivity contribution in [2.24, 2.45) is 0 Å². The van der Waals surface area contributed by atoms with E-state index in [0.717, 1.165) is 22.2 Å². The Morgan fingerprint density at radius 1 is 0.577 bits per heavy atom. The lowest BCUT2D eigenvalue weighted by Crippen LogP contribution is -1.77. The standard InChI is InChI=1S/C22H16N2O2/c1-13-3-7-15(8-4-13)21-23-17-11-20-18(12-19(17)25-21)24-22(26-20)16-9-5-14(2)6-10-16/h3-12H,1-2H3. The van der Waals surface area contributed by atoms with Crippen molar-refractivity contribution in [2.75, 3.05) is 0 Å². The number of aryl methyl sites for hydroxylation is 2. The summed E-state index contributed by atoms with van der Waals surface area (Å²) in [6.07, 6.45) is 0. The molecule has 5 aromatic rings. The fourth-order valence-electron chi connectivity index (χ4n) is 2.99. The van der Waals surface area contributed by atoms with Gasteiger partial charge in [0.1, 0.15) is 11.0 Å². The molecule has 3 aromatic carbocycles. The Morgan fingerprint density at radius 2 is 0.962 bits per heavy atom. The topological polar surface area (TPSA) is 52.1 Å². The maximum atomic E-state index is 5.94. The van der Waals surface area contributed by atoms with Crippen LogP contribution in [0.4, 0.5) is 0 Å². The first-order chi connectivity index (χ1) is 12.7. The lowest BCUT2D eigenvalue weighted by Gasteiger charge is -1.95. The van der Waals surface area contributed by atoms with E-state index in [0.29, 0.717) is 22.9 Å². The van der Waals surface area contributed by atoms with Crippen LogP contribution in [0.25, 0.3) is 45.1 Å². The second-order valence-corrected chi connectivity index (χ2v) is 6.56. The Hall–Kier alpha value is -3.40. The summed E-state index contributed by atoms with van der Waals surface area (Å²) in [6.45, 7) is 4.11. The Bertz CT molecular complexity index is 1080. The smallest absolute Gasteiger partial charge is 0.227 e. The quantitative estimate of drug-likeness (QED) is 0.400. The molecule has 0 saturated carbocycles. The number of fused-ring (bicyclic) bond motifs is 2. The first-order valence-electron chi connectivity index (χ1n) is 8.51. The summed E-state index contributed by atoms with van der Waals surface area (Å²) in [5.74, 6) is 1.21. The number of benzene rings is 3. The molecule has 0 aliphatic rings. The number of hydrogen-bond acceptors (Lipinski definition) is 4. The maximum absolute atomic E-state index is 5.94. The molecule has 0 saturated heterocycles. The predicted octanol–water partition coefficient (Wildman–Crippen LogP) is 5.92. The lowest BCUT2D eigenvalue weighted by molar-refractivity contribution is 0.618. The molecule has 0 fully saturated rings. The van der Waals surface area contributed by atoms with Gasteiger partial charge in [0.2, 0.25) is 11.8 Å². The van der Waals surface area contributed by atoms with Crippen molar-refractivity contribution in [3.8, 4) is 22.9 Å². The molecule has 0 amide bonds. The highest BCUT2D eigenvalue weighted by atomic mass is 16.4. The van der Waals surface area contributed by atoms with Crippen LogP contribution < -0.4 is 0 Å². The van der Waals surface area contributed by atoms with Crippen LogP contribution in [0.2, 0.25) is 0 Å². The summed E-state index contributed by atoms with van der Waals surface area (Å²) >= 11 is 0. The fourth-order valence-corrected chi connectivity index (χ4v) is 2.99. The van der Waals surface area contributed by atoms with Crippen LogP contribution in [-0.4, -0.2) is 9.97 Å². The van der Waals surface area contributed by atoms with Crippen LogP contribution in [0.5, 0.6) is 0 Å². The van der Waals surface area contributed by atoms with Crippen molar-refractivity contribution < 1.29 is 8.83 Å². The molecule has 0 bridgehead atoms. The maximum Gasteiger partial charge on any atom is 0.227 e. The first kappa shape index (κ1) is 14.9. The molecule has 0 radical (unpaired) electrons. The number of hydrogen-bond donors (Lipinski definition) is 0. The number of oxazole rings is 2. The van der Waals surface area contributed by atoms with Gasteiger partial charge in [-0.15, -0.1) is 0 Å². The SMILES string of the molecule is Cc1ccc(-c2nc3cc4oc(-c5ccc(C)cc5)nc4cc3o2)cc1. The molecule has 4 nitrogen and oxygen atoms in total. The van der Waals surface area contributed by atoms with Gasteiger partial charge < -0.3 is 8.83 Å². The van der Waals surface area contributed by atoms with Crippen LogP contribution in [0.1, 0.15) is 11.1 Å². The summed E-state index contributed by atoms with van der Waals surface area (Å²) in [5, 5.41) is 0. The van der Waals surface area contributed by atoms with E-state index in [1.807, 2.05) is 60.7 Å². The van der Waals surface area contributed by atoms with Gasteiger partial charge in [0.05, 0.1) is 0 Å². The highest BCUT2D eigenvalue weighted by Crippen LogP contribution is 2.30. The average molecular weight is 340 g/mol. The molecule has 2 aromatic heterocycles. The number of nitrogens with zero attached hydrogens (tertiary/aromatic N) is 2. The van der Waals surface area contributed by atoms with Crippen molar-refractivity contribution in [3.05, 3.63) is 71.8 Å². The van der Waals surface area contributed by atoms with E-state index in [9.17, 15) is 0 Å². The van der Waals surface area contributed by atoms with Crippen molar-refractivity contribution >= 4 is 22.2 Å². The molecule has 0 N–H and O–H groups in total. The summed E-state index contributed by atoms with van der Waals surface area (Å²) in [5.41, 5.74) is 7.26. The first-order valence-corrected chi connectivity index (χ1v) is 8.51. The van der Waals surface area contributed by atoms with Crippen LogP contribution in [-0.2, 0) is 0 Å². The molecule has 2 heterocycles. The van der Waals surface area contributed by atoms with Crippen molar-refractivity contribution in [1.29, 1.82) is 0 Å². The van der Waals surface area contributed by atoms with Crippen LogP contribution in [0, 0.1) is 13.8 Å². The zero-order chi connectivity index (χ0) is 17.7. The lowest BCUT2D eigenvalue weighted by atomic mass is 10.1. The minimum atomic E-state index is 0.603. The Morgan fingerprint density at radius 3 is 1.35 bits per heavy atom. The Kier molecular flexibility index (Phi) is 3.19. The molecule has 0 aliphatic carbocycles. The normalized spacial score (nSPS) is 11.5. The van der Waals surface area contributed by atoms with Gasteiger partial charge in [0.25, 0.3) is 0 Å². The van der Waals surface area contributed by atoms with Gasteiger partial charge in [-0.3, -0.25) is 0 Å². The van der Waals surface area contributed by atoms with E-state index < -0.39 is 0 Å². The van der Waals surface area contributed by atoms with Gasteiger partial charge in [-0.25, -0.2) is 9.97 Å². The van der Waals surface area contributed by atoms with Crippen LogP contribution in [0.15, 0.2) is 69.5 Å². The van der Waals surface area contributed by atoms with Gasteiger partial charge in [-0.05, 0) is 38.1 Å². The van der Waals surface area contributed by atoms with Crippen molar-refractivity contribution in [2.45, 2.75) is 13.8 Å². The molecule has 0 aliphatic heterocycles. The van der Waals surface area contributed by atoms with E-state index in [2.05, 4.69) is 23.8 Å². The largest absolute Gasteiger partial charge is 0.436 e. The highest BCUT2D eigenvalue weighted by Gasteiger charge is 2.14. The van der Waals surface area contributed by atoms with Gasteiger partial charge in [-0.1, -0.05) is 35.4 Å². The minimum absolute atomic E-state index is 0.603. The summed E-state index contributed by atoms with van der Waals surface area (Å²) in [6, 6.07) is 20.0. The zero-order valence-corrected chi connectivity index (χ0v) is 14.5. The van der Waals surface area contributed by atoms with Crippen molar-refractivity contribution in [3.63, 3.8) is 0 Å². The monoisotopic (exact) mass is 340 g/mol. The summed E-state index contributed by atoms with van der Waals surface area (Å²) < 4.78 is 11.9. The van der Waals surface area contributed by atoms with Crippen LogP contribution >= 0.6 is 0 Å². The van der Waals surface area contributed by atoms with Crippen LogP contribution in [0.3, 0.4) is 0 Å². The van der Waals surface area contributed by atoms with Crippen molar-refractivity contribution in [1.82, 2.24) is 9.97 Å². The third-order valence-electron chi connectivity index (χ3n) is 4.49. The second kappa shape index (κ2) is 5.56. The van der Waals surface area contributed by atoms with Gasteiger partial charge in [0, 0.05) is 23.3 Å². The molecule has 26 heavy (non-hydrogen) atoms. The third kappa shape index (κ3) is 2.47. The minimum Gasteiger partial charge on any atom is -0.436 e. The van der Waals surface area contributed by atoms with E-state index in [1.54, 1.807) is 0 Å². The van der Waals surface area contributed by atoms with Gasteiger partial charge in [-0.2, -0.15) is 0 Å². The Labute approximate surface area is 150 Å².